The van der Waals surface area contributed by atoms with E-state index in [9.17, 15) is 0 Å². The van der Waals surface area contributed by atoms with Crippen LogP contribution in [0.25, 0.3) is 0 Å². The first-order valence-corrected chi connectivity index (χ1v) is 6.49. The number of rotatable bonds is 2. The second-order valence-electron chi connectivity index (χ2n) is 5.07. The number of fused-ring (bicyclic) bond motifs is 1. The van der Waals surface area contributed by atoms with Gasteiger partial charge in [0.05, 0.1) is 5.54 Å². The predicted octanol–water partition coefficient (Wildman–Crippen LogP) is 1.56. The third kappa shape index (κ3) is 1.74. The van der Waals surface area contributed by atoms with Crippen molar-refractivity contribution in [3.63, 3.8) is 0 Å². The Morgan fingerprint density at radius 3 is 2.76 bits per heavy atom. The summed E-state index contributed by atoms with van der Waals surface area (Å²) in [6.07, 6.45) is 3.26. The maximum Gasteiger partial charge on any atom is 0.0568 e. The van der Waals surface area contributed by atoms with E-state index >= 15 is 0 Å². The molecule has 2 aliphatic rings. The van der Waals surface area contributed by atoms with Gasteiger partial charge < -0.3 is 15.4 Å². The summed E-state index contributed by atoms with van der Waals surface area (Å²) in [5.74, 6) is 0. The molecular weight excluding hydrogens is 212 g/mol. The zero-order valence-electron chi connectivity index (χ0n) is 10.2. The second-order valence-corrected chi connectivity index (χ2v) is 5.07. The van der Waals surface area contributed by atoms with Gasteiger partial charge in [-0.15, -0.1) is 0 Å². The van der Waals surface area contributed by atoms with E-state index < -0.39 is 0 Å². The van der Waals surface area contributed by atoms with Crippen molar-refractivity contribution < 1.29 is 4.74 Å². The average molecular weight is 232 g/mol. The molecule has 0 bridgehead atoms. The van der Waals surface area contributed by atoms with Crippen molar-refractivity contribution in [1.82, 2.24) is 0 Å². The predicted molar refractivity (Wildman–Crippen MR) is 69.3 cm³/mol. The van der Waals surface area contributed by atoms with Crippen LogP contribution in [0.15, 0.2) is 24.3 Å². The Balaban J connectivity index is 1.94. The molecule has 2 heterocycles. The largest absolute Gasteiger partial charge is 0.381 e. The van der Waals surface area contributed by atoms with E-state index in [0.29, 0.717) is 0 Å². The first-order valence-electron chi connectivity index (χ1n) is 6.49. The van der Waals surface area contributed by atoms with Crippen LogP contribution in [0, 0.1) is 0 Å². The summed E-state index contributed by atoms with van der Waals surface area (Å²) < 4.78 is 5.49. The quantitative estimate of drug-likeness (QED) is 0.841. The molecule has 0 amide bonds. The van der Waals surface area contributed by atoms with Gasteiger partial charge in [-0.2, -0.15) is 0 Å². The average Bonchev–Trinajstić information content (AvgIpc) is 2.84. The van der Waals surface area contributed by atoms with E-state index in [1.807, 2.05) is 0 Å². The molecule has 0 radical (unpaired) electrons. The van der Waals surface area contributed by atoms with Crippen LogP contribution in [0.5, 0.6) is 0 Å². The Kier molecular flexibility index (Phi) is 2.81. The molecule has 3 heteroatoms. The van der Waals surface area contributed by atoms with Gasteiger partial charge in [-0.05, 0) is 30.9 Å². The van der Waals surface area contributed by atoms with Crippen molar-refractivity contribution >= 4 is 5.69 Å². The molecular formula is C14H20N2O. The fourth-order valence-corrected chi connectivity index (χ4v) is 3.17. The van der Waals surface area contributed by atoms with Gasteiger partial charge in [-0.3, -0.25) is 0 Å². The molecule has 0 unspecified atom stereocenters. The Morgan fingerprint density at radius 2 is 2.00 bits per heavy atom. The summed E-state index contributed by atoms with van der Waals surface area (Å²) in [7, 11) is 0. The maximum absolute atomic E-state index is 6.08. The fourth-order valence-electron chi connectivity index (χ4n) is 3.17. The molecule has 0 saturated carbocycles. The molecule has 92 valence electrons. The lowest BCUT2D eigenvalue weighted by Crippen LogP contribution is -2.56. The summed E-state index contributed by atoms with van der Waals surface area (Å²) in [5.41, 5.74) is 9.06. The number of nitrogens with zero attached hydrogens (tertiary/aromatic N) is 1. The van der Waals surface area contributed by atoms with Crippen molar-refractivity contribution in [2.24, 2.45) is 5.73 Å². The molecule has 1 aromatic carbocycles. The van der Waals surface area contributed by atoms with Gasteiger partial charge in [0.1, 0.15) is 0 Å². The summed E-state index contributed by atoms with van der Waals surface area (Å²) in [6, 6.07) is 8.72. The van der Waals surface area contributed by atoms with Crippen molar-refractivity contribution in [3.8, 4) is 0 Å². The number of hydrogen-bond acceptors (Lipinski definition) is 3. The van der Waals surface area contributed by atoms with Gasteiger partial charge in [-0.25, -0.2) is 0 Å². The van der Waals surface area contributed by atoms with Gasteiger partial charge in [0.25, 0.3) is 0 Å². The van der Waals surface area contributed by atoms with E-state index in [1.54, 1.807) is 0 Å². The van der Waals surface area contributed by atoms with Crippen molar-refractivity contribution in [3.05, 3.63) is 29.8 Å². The molecule has 1 saturated heterocycles. The Bertz CT molecular complexity index is 399. The van der Waals surface area contributed by atoms with Crippen LogP contribution in [-0.4, -0.2) is 31.8 Å². The maximum atomic E-state index is 6.08. The lowest BCUT2D eigenvalue weighted by Gasteiger charge is -2.45. The van der Waals surface area contributed by atoms with E-state index in [1.165, 1.54) is 11.3 Å². The zero-order chi connectivity index (χ0) is 11.7. The molecule has 2 N–H and O–H groups in total. The van der Waals surface area contributed by atoms with Gasteiger partial charge in [-0.1, -0.05) is 18.2 Å². The molecule has 17 heavy (non-hydrogen) atoms. The first kappa shape index (κ1) is 11.1. The molecule has 0 spiro atoms. The lowest BCUT2D eigenvalue weighted by molar-refractivity contribution is 0.0532. The monoisotopic (exact) mass is 232 g/mol. The van der Waals surface area contributed by atoms with E-state index in [2.05, 4.69) is 29.2 Å². The third-order valence-electron chi connectivity index (χ3n) is 4.26. The third-order valence-corrected chi connectivity index (χ3v) is 4.26. The molecule has 3 rings (SSSR count). The number of anilines is 1. The number of nitrogens with two attached hydrogens (primary N) is 1. The Hall–Kier alpha value is -1.06. The minimum atomic E-state index is 0.130. The fraction of sp³-hybridized carbons (Fsp3) is 0.571. The molecule has 1 fully saturated rings. The van der Waals surface area contributed by atoms with Crippen LogP contribution < -0.4 is 10.6 Å². The highest BCUT2D eigenvalue weighted by molar-refractivity contribution is 5.60. The molecule has 0 atom stereocenters. The summed E-state index contributed by atoms with van der Waals surface area (Å²) in [5, 5.41) is 0. The van der Waals surface area contributed by atoms with E-state index in [0.717, 1.165) is 45.6 Å². The van der Waals surface area contributed by atoms with Gasteiger partial charge in [0, 0.05) is 32.0 Å². The lowest BCUT2D eigenvalue weighted by atomic mass is 9.88. The summed E-state index contributed by atoms with van der Waals surface area (Å²) in [6.45, 7) is 3.52. The second kappa shape index (κ2) is 4.31. The van der Waals surface area contributed by atoms with Crippen molar-refractivity contribution in [2.45, 2.75) is 24.8 Å². The normalized spacial score (nSPS) is 22.5. The molecule has 2 aliphatic heterocycles. The Labute approximate surface area is 103 Å². The molecule has 0 aliphatic carbocycles. The molecule has 3 nitrogen and oxygen atoms in total. The SMILES string of the molecule is NCC1(N2CCc3ccccc32)CCOCC1. The number of benzene rings is 1. The van der Waals surface area contributed by atoms with Crippen LogP contribution in [0.1, 0.15) is 18.4 Å². The zero-order valence-corrected chi connectivity index (χ0v) is 10.2. The minimum absolute atomic E-state index is 0.130. The van der Waals surface area contributed by atoms with Gasteiger partial charge in [0.2, 0.25) is 0 Å². The highest BCUT2D eigenvalue weighted by atomic mass is 16.5. The van der Waals surface area contributed by atoms with Crippen molar-refractivity contribution in [1.29, 1.82) is 0 Å². The number of hydrogen-bond donors (Lipinski definition) is 1. The topological polar surface area (TPSA) is 38.5 Å². The van der Waals surface area contributed by atoms with Gasteiger partial charge in [0.15, 0.2) is 0 Å². The van der Waals surface area contributed by atoms with Crippen LogP contribution in [0.3, 0.4) is 0 Å². The highest BCUT2D eigenvalue weighted by Gasteiger charge is 2.39. The first-order chi connectivity index (χ1) is 8.36. The molecule has 0 aromatic heterocycles. The van der Waals surface area contributed by atoms with E-state index in [-0.39, 0.29) is 5.54 Å². The van der Waals surface area contributed by atoms with Crippen LogP contribution in [-0.2, 0) is 11.2 Å². The Morgan fingerprint density at radius 1 is 1.24 bits per heavy atom. The van der Waals surface area contributed by atoms with Crippen LogP contribution in [0.2, 0.25) is 0 Å². The minimum Gasteiger partial charge on any atom is -0.381 e. The standard InChI is InChI=1S/C14H20N2O/c15-11-14(6-9-17-10-7-14)16-8-5-12-3-1-2-4-13(12)16/h1-4H,5-11,15H2. The summed E-state index contributed by atoms with van der Waals surface area (Å²) >= 11 is 0. The van der Waals surface area contributed by atoms with Crippen LogP contribution >= 0.6 is 0 Å². The van der Waals surface area contributed by atoms with Crippen LogP contribution in [0.4, 0.5) is 5.69 Å². The smallest absolute Gasteiger partial charge is 0.0568 e. The van der Waals surface area contributed by atoms with Crippen molar-refractivity contribution in [2.75, 3.05) is 31.2 Å². The highest BCUT2D eigenvalue weighted by Crippen LogP contribution is 2.37. The number of ether oxygens (including phenoxy) is 1. The van der Waals surface area contributed by atoms with Gasteiger partial charge >= 0.3 is 0 Å². The number of para-hydroxylation sites is 1. The van der Waals surface area contributed by atoms with E-state index in [4.69, 9.17) is 10.5 Å². The summed E-state index contributed by atoms with van der Waals surface area (Å²) in [4.78, 5) is 2.53. The molecule has 1 aromatic rings.